The first-order valence-electron chi connectivity index (χ1n) is 8.88. The van der Waals surface area contributed by atoms with Gasteiger partial charge in [0.05, 0.1) is 19.3 Å². The smallest absolute Gasteiger partial charge is 0.349 e. The van der Waals surface area contributed by atoms with Crippen molar-refractivity contribution in [3.63, 3.8) is 0 Å². The van der Waals surface area contributed by atoms with Crippen molar-refractivity contribution in [1.29, 1.82) is 0 Å². The SMILES string of the molecule is O=C(NC[C@@H](c1cccs1)N1CCOCC1)c1cc2ccccc2oc1=O. The Bertz CT molecular complexity index is 977. The van der Waals surface area contributed by atoms with Crippen molar-refractivity contribution in [3.05, 3.63) is 68.7 Å². The number of carbonyl (C=O) groups is 1. The minimum absolute atomic E-state index is 0.0283. The minimum atomic E-state index is -0.620. The van der Waals surface area contributed by atoms with Gasteiger partial charge in [0, 0.05) is 29.9 Å². The Hall–Kier alpha value is -2.48. The third-order valence-electron chi connectivity index (χ3n) is 4.70. The molecule has 140 valence electrons. The average Bonchev–Trinajstić information content (AvgIpc) is 3.23. The third kappa shape index (κ3) is 3.95. The van der Waals surface area contributed by atoms with Crippen LogP contribution in [0.2, 0.25) is 0 Å². The van der Waals surface area contributed by atoms with E-state index in [2.05, 4.69) is 16.3 Å². The van der Waals surface area contributed by atoms with Gasteiger partial charge in [0.25, 0.3) is 5.91 Å². The molecule has 0 unspecified atom stereocenters. The standard InChI is InChI=1S/C20H20N2O4S/c23-19(15-12-14-4-1-2-5-17(14)26-20(15)24)21-13-16(18-6-3-11-27-18)22-7-9-25-10-8-22/h1-6,11-12,16H,7-10,13H2,(H,21,23)/t16-/m0/s1. The minimum Gasteiger partial charge on any atom is -0.422 e. The van der Waals surface area contributed by atoms with Crippen molar-refractivity contribution in [2.24, 2.45) is 0 Å². The fourth-order valence-electron chi connectivity index (χ4n) is 3.28. The van der Waals surface area contributed by atoms with E-state index in [1.165, 1.54) is 4.88 Å². The highest BCUT2D eigenvalue weighted by Gasteiger charge is 2.24. The summed E-state index contributed by atoms with van der Waals surface area (Å²) in [6, 6.07) is 12.9. The van der Waals surface area contributed by atoms with Crippen LogP contribution >= 0.6 is 11.3 Å². The zero-order valence-electron chi connectivity index (χ0n) is 14.7. The van der Waals surface area contributed by atoms with Gasteiger partial charge in [-0.05, 0) is 23.6 Å². The number of thiophene rings is 1. The molecule has 1 aromatic carbocycles. The number of carbonyl (C=O) groups excluding carboxylic acids is 1. The molecular weight excluding hydrogens is 364 g/mol. The molecule has 1 aliphatic heterocycles. The van der Waals surface area contributed by atoms with Crippen LogP contribution in [0, 0.1) is 0 Å². The number of hydrogen-bond donors (Lipinski definition) is 1. The first-order chi connectivity index (χ1) is 13.2. The first-order valence-corrected chi connectivity index (χ1v) is 9.76. The largest absolute Gasteiger partial charge is 0.422 e. The second-order valence-corrected chi connectivity index (χ2v) is 7.35. The van der Waals surface area contributed by atoms with Crippen molar-refractivity contribution in [2.45, 2.75) is 6.04 Å². The van der Waals surface area contributed by atoms with Gasteiger partial charge in [-0.15, -0.1) is 11.3 Å². The maximum Gasteiger partial charge on any atom is 0.349 e. The van der Waals surface area contributed by atoms with Gasteiger partial charge in [-0.25, -0.2) is 4.79 Å². The molecule has 1 atom stereocenters. The molecule has 0 saturated carbocycles. The fraction of sp³-hybridized carbons (Fsp3) is 0.300. The normalized spacial score (nSPS) is 16.3. The Morgan fingerprint density at radius 1 is 1.19 bits per heavy atom. The second kappa shape index (κ2) is 8.04. The maximum atomic E-state index is 12.7. The molecule has 6 nitrogen and oxygen atoms in total. The molecule has 4 rings (SSSR count). The first kappa shape index (κ1) is 17.9. The van der Waals surface area contributed by atoms with Crippen molar-refractivity contribution < 1.29 is 13.9 Å². The molecule has 0 radical (unpaired) electrons. The van der Waals surface area contributed by atoms with E-state index < -0.39 is 11.5 Å². The number of hydrogen-bond acceptors (Lipinski definition) is 6. The average molecular weight is 384 g/mol. The lowest BCUT2D eigenvalue weighted by Crippen LogP contribution is -2.44. The number of para-hydroxylation sites is 1. The Balaban J connectivity index is 1.53. The Morgan fingerprint density at radius 3 is 2.78 bits per heavy atom. The van der Waals surface area contributed by atoms with Crippen LogP contribution in [0.1, 0.15) is 21.3 Å². The van der Waals surface area contributed by atoms with Gasteiger partial charge >= 0.3 is 5.63 Å². The summed E-state index contributed by atoms with van der Waals surface area (Å²) in [7, 11) is 0. The highest BCUT2D eigenvalue weighted by Crippen LogP contribution is 2.25. The quantitative estimate of drug-likeness (QED) is 0.685. The van der Waals surface area contributed by atoms with Crippen LogP contribution in [0.15, 0.2) is 57.1 Å². The summed E-state index contributed by atoms with van der Waals surface area (Å²) >= 11 is 1.66. The topological polar surface area (TPSA) is 71.8 Å². The predicted molar refractivity (Wildman–Crippen MR) is 104 cm³/mol. The molecule has 3 aromatic rings. The van der Waals surface area contributed by atoms with Crippen LogP contribution in [0.25, 0.3) is 11.0 Å². The van der Waals surface area contributed by atoms with Gasteiger partial charge in [-0.2, -0.15) is 0 Å². The number of benzene rings is 1. The van der Waals surface area contributed by atoms with Gasteiger partial charge in [-0.1, -0.05) is 24.3 Å². The fourth-order valence-corrected chi connectivity index (χ4v) is 4.15. The highest BCUT2D eigenvalue weighted by atomic mass is 32.1. The Kier molecular flexibility index (Phi) is 5.33. The number of nitrogens with zero attached hydrogens (tertiary/aromatic N) is 1. The molecule has 7 heteroatoms. The zero-order valence-corrected chi connectivity index (χ0v) is 15.5. The number of ether oxygens (including phenoxy) is 1. The molecule has 27 heavy (non-hydrogen) atoms. The van der Waals surface area contributed by atoms with E-state index in [-0.39, 0.29) is 11.6 Å². The van der Waals surface area contributed by atoms with Crippen molar-refractivity contribution >= 4 is 28.2 Å². The Morgan fingerprint density at radius 2 is 2.00 bits per heavy atom. The highest BCUT2D eigenvalue weighted by molar-refractivity contribution is 7.10. The molecule has 1 N–H and O–H groups in total. The maximum absolute atomic E-state index is 12.7. The lowest BCUT2D eigenvalue weighted by Gasteiger charge is -2.34. The van der Waals surface area contributed by atoms with E-state index in [9.17, 15) is 9.59 Å². The molecule has 2 aromatic heterocycles. The summed E-state index contributed by atoms with van der Waals surface area (Å²) in [4.78, 5) is 28.3. The monoisotopic (exact) mass is 384 g/mol. The molecule has 1 fully saturated rings. The second-order valence-electron chi connectivity index (χ2n) is 6.37. The van der Waals surface area contributed by atoms with Crippen LogP contribution in [-0.2, 0) is 4.74 Å². The van der Waals surface area contributed by atoms with Crippen molar-refractivity contribution in [3.8, 4) is 0 Å². The van der Waals surface area contributed by atoms with E-state index >= 15 is 0 Å². The summed E-state index contributed by atoms with van der Waals surface area (Å²) in [5.74, 6) is -0.413. The van der Waals surface area contributed by atoms with E-state index in [1.807, 2.05) is 23.6 Å². The van der Waals surface area contributed by atoms with E-state index in [0.717, 1.165) is 18.5 Å². The zero-order chi connectivity index (χ0) is 18.6. The van der Waals surface area contributed by atoms with Gasteiger partial charge in [0.15, 0.2) is 0 Å². The van der Waals surface area contributed by atoms with E-state index in [0.29, 0.717) is 25.3 Å². The summed E-state index contributed by atoms with van der Waals surface area (Å²) < 4.78 is 10.7. The van der Waals surface area contributed by atoms with Crippen LogP contribution < -0.4 is 10.9 Å². The van der Waals surface area contributed by atoms with Crippen LogP contribution in [0.5, 0.6) is 0 Å². The van der Waals surface area contributed by atoms with E-state index in [4.69, 9.17) is 9.15 Å². The number of fused-ring (bicyclic) bond motifs is 1. The van der Waals surface area contributed by atoms with E-state index in [1.54, 1.807) is 29.5 Å². The van der Waals surface area contributed by atoms with Gasteiger partial charge in [-0.3, -0.25) is 9.69 Å². The van der Waals surface area contributed by atoms with Gasteiger partial charge in [0.2, 0.25) is 0 Å². The summed E-state index contributed by atoms with van der Waals surface area (Å²) in [6.07, 6.45) is 0. The number of amides is 1. The molecule has 1 saturated heterocycles. The predicted octanol–water partition coefficient (Wildman–Crippen LogP) is 2.66. The Labute approximate surface area is 160 Å². The molecule has 0 spiro atoms. The molecule has 3 heterocycles. The lowest BCUT2D eigenvalue weighted by atomic mass is 10.1. The van der Waals surface area contributed by atoms with Crippen LogP contribution in [0.4, 0.5) is 0 Å². The summed E-state index contributed by atoms with van der Waals surface area (Å²) in [5.41, 5.74) is -0.116. The number of nitrogens with one attached hydrogen (secondary N) is 1. The number of morpholine rings is 1. The molecule has 0 aliphatic carbocycles. The number of rotatable bonds is 5. The van der Waals surface area contributed by atoms with Gasteiger partial charge < -0.3 is 14.5 Å². The van der Waals surface area contributed by atoms with Crippen LogP contribution in [0.3, 0.4) is 0 Å². The molecule has 1 aliphatic rings. The van der Waals surface area contributed by atoms with Crippen molar-refractivity contribution in [1.82, 2.24) is 10.2 Å². The molecule has 0 bridgehead atoms. The summed E-state index contributed by atoms with van der Waals surface area (Å²) in [5, 5.41) is 5.67. The molecule has 1 amide bonds. The van der Waals surface area contributed by atoms with Gasteiger partial charge in [0.1, 0.15) is 11.1 Å². The van der Waals surface area contributed by atoms with Crippen LogP contribution in [-0.4, -0.2) is 43.7 Å². The third-order valence-corrected chi connectivity index (χ3v) is 5.67. The molecular formula is C20H20N2O4S. The van der Waals surface area contributed by atoms with Crippen molar-refractivity contribution in [2.75, 3.05) is 32.8 Å². The lowest BCUT2D eigenvalue weighted by molar-refractivity contribution is 0.0169. The summed E-state index contributed by atoms with van der Waals surface area (Å²) in [6.45, 7) is 3.42.